The third-order valence-electron chi connectivity index (χ3n) is 4.27. The van der Waals surface area contributed by atoms with Gasteiger partial charge in [0.15, 0.2) is 5.78 Å². The van der Waals surface area contributed by atoms with Crippen LogP contribution in [0.15, 0.2) is 47.2 Å². The number of non-ortho nitro benzene ring substituents is 1. The Morgan fingerprint density at radius 1 is 1.13 bits per heavy atom. The van der Waals surface area contributed by atoms with Crippen LogP contribution in [-0.4, -0.2) is 29.2 Å². The van der Waals surface area contributed by atoms with Crippen molar-refractivity contribution < 1.29 is 24.0 Å². The van der Waals surface area contributed by atoms with Crippen LogP contribution in [0.2, 0.25) is 0 Å². The summed E-state index contributed by atoms with van der Waals surface area (Å²) in [6.07, 6.45) is 0.00718. The van der Waals surface area contributed by atoms with E-state index in [1.165, 1.54) is 29.5 Å². The number of benzene rings is 1. The molecule has 0 radical (unpaired) electrons. The summed E-state index contributed by atoms with van der Waals surface area (Å²) < 4.78 is 5.13. The Bertz CT molecular complexity index is 1120. The van der Waals surface area contributed by atoms with Gasteiger partial charge < -0.3 is 10.1 Å². The predicted molar refractivity (Wildman–Crippen MR) is 119 cm³/mol. The first-order valence-corrected chi connectivity index (χ1v) is 11.1. The molecule has 0 unspecified atom stereocenters. The van der Waals surface area contributed by atoms with Gasteiger partial charge in [-0.3, -0.25) is 19.7 Å². The van der Waals surface area contributed by atoms with E-state index < -0.39 is 16.8 Å². The molecule has 0 spiro atoms. The number of thiophene rings is 2. The normalized spacial score (nSPS) is 10.5. The number of ketones is 1. The monoisotopic (exact) mass is 458 g/mol. The van der Waals surface area contributed by atoms with Gasteiger partial charge in [-0.05, 0) is 23.9 Å². The minimum Gasteiger partial charge on any atom is -0.462 e. The van der Waals surface area contributed by atoms with E-state index in [9.17, 15) is 24.5 Å². The highest BCUT2D eigenvalue weighted by Crippen LogP contribution is 2.37. The standard InChI is InChI=1S/C21H18N2O6S2/c1-2-29-21(26)19-15(13-5-3-6-14(11-13)23(27)28)12-31-20(19)22-18(25)9-8-16(24)17-7-4-10-30-17/h3-7,10-12H,2,8-9H2,1H3,(H,22,25). The summed E-state index contributed by atoms with van der Waals surface area (Å²) >= 11 is 2.43. The Hall–Kier alpha value is -3.37. The molecular weight excluding hydrogens is 440 g/mol. The number of carbonyl (C=O) groups is 3. The van der Waals surface area contributed by atoms with Gasteiger partial charge in [0, 0.05) is 35.9 Å². The SMILES string of the molecule is CCOC(=O)c1c(-c2cccc([N+](=O)[O-])c2)csc1NC(=O)CCC(=O)c1cccs1. The number of carbonyl (C=O) groups excluding carboxylic acids is 3. The number of anilines is 1. The summed E-state index contributed by atoms with van der Waals surface area (Å²) in [4.78, 5) is 48.3. The van der Waals surface area contributed by atoms with Gasteiger partial charge in [-0.1, -0.05) is 18.2 Å². The van der Waals surface area contributed by atoms with Gasteiger partial charge in [-0.15, -0.1) is 22.7 Å². The number of nitro benzene ring substituents is 1. The lowest BCUT2D eigenvalue weighted by atomic mass is 10.0. The van der Waals surface area contributed by atoms with Crippen LogP contribution < -0.4 is 5.32 Å². The van der Waals surface area contributed by atoms with E-state index in [0.717, 1.165) is 11.3 Å². The largest absolute Gasteiger partial charge is 0.462 e. The van der Waals surface area contributed by atoms with E-state index in [2.05, 4.69) is 5.32 Å². The van der Waals surface area contributed by atoms with E-state index in [4.69, 9.17) is 4.74 Å². The highest BCUT2D eigenvalue weighted by atomic mass is 32.1. The van der Waals surface area contributed by atoms with Crippen molar-refractivity contribution in [3.63, 3.8) is 0 Å². The Balaban J connectivity index is 1.82. The van der Waals surface area contributed by atoms with E-state index in [-0.39, 0.29) is 41.5 Å². The number of nitrogens with one attached hydrogen (secondary N) is 1. The molecule has 0 fully saturated rings. The highest BCUT2D eigenvalue weighted by Gasteiger charge is 2.24. The average Bonchev–Trinajstić information content (AvgIpc) is 3.42. The van der Waals surface area contributed by atoms with Crippen molar-refractivity contribution >= 4 is 51.0 Å². The molecule has 2 aromatic heterocycles. The number of hydrogen-bond donors (Lipinski definition) is 1. The molecule has 1 N–H and O–H groups in total. The molecule has 0 aliphatic heterocycles. The van der Waals surface area contributed by atoms with Gasteiger partial charge in [0.25, 0.3) is 5.69 Å². The molecule has 0 aliphatic rings. The summed E-state index contributed by atoms with van der Waals surface area (Å²) in [5.41, 5.74) is 0.903. The maximum atomic E-state index is 12.6. The summed E-state index contributed by atoms with van der Waals surface area (Å²) in [5.74, 6) is -1.18. The number of hydrogen-bond acceptors (Lipinski definition) is 8. The van der Waals surface area contributed by atoms with Crippen LogP contribution in [0.3, 0.4) is 0 Å². The third-order valence-corrected chi connectivity index (χ3v) is 6.07. The van der Waals surface area contributed by atoms with Crippen LogP contribution in [0, 0.1) is 10.1 Å². The lowest BCUT2D eigenvalue weighted by Gasteiger charge is -2.09. The maximum Gasteiger partial charge on any atom is 0.341 e. The molecule has 160 valence electrons. The number of amides is 1. The second kappa shape index (κ2) is 10.1. The fourth-order valence-electron chi connectivity index (χ4n) is 2.83. The molecule has 1 amide bonds. The van der Waals surface area contributed by atoms with Crippen molar-refractivity contribution in [2.45, 2.75) is 19.8 Å². The van der Waals surface area contributed by atoms with Gasteiger partial charge in [0.2, 0.25) is 5.91 Å². The lowest BCUT2D eigenvalue weighted by Crippen LogP contribution is -2.15. The Morgan fingerprint density at radius 2 is 1.94 bits per heavy atom. The van der Waals surface area contributed by atoms with Gasteiger partial charge >= 0.3 is 5.97 Å². The number of ether oxygens (including phenoxy) is 1. The molecule has 31 heavy (non-hydrogen) atoms. The maximum absolute atomic E-state index is 12.6. The highest BCUT2D eigenvalue weighted by molar-refractivity contribution is 7.15. The second-order valence-corrected chi connectivity index (χ2v) is 8.16. The number of nitrogens with zero attached hydrogens (tertiary/aromatic N) is 1. The fraction of sp³-hybridized carbons (Fsp3) is 0.190. The number of rotatable bonds is 9. The van der Waals surface area contributed by atoms with Crippen LogP contribution >= 0.6 is 22.7 Å². The van der Waals surface area contributed by atoms with Crippen molar-refractivity contribution in [1.82, 2.24) is 0 Å². The van der Waals surface area contributed by atoms with Gasteiger partial charge in [-0.25, -0.2) is 4.79 Å². The zero-order valence-electron chi connectivity index (χ0n) is 16.5. The minimum atomic E-state index is -0.643. The topological polar surface area (TPSA) is 116 Å². The molecule has 3 rings (SSSR count). The fourth-order valence-corrected chi connectivity index (χ4v) is 4.50. The first kappa shape index (κ1) is 22.3. The van der Waals surface area contributed by atoms with Crippen LogP contribution in [-0.2, 0) is 9.53 Å². The van der Waals surface area contributed by atoms with Crippen LogP contribution in [0.5, 0.6) is 0 Å². The van der Waals surface area contributed by atoms with E-state index in [1.807, 2.05) is 0 Å². The first-order chi connectivity index (χ1) is 14.9. The lowest BCUT2D eigenvalue weighted by molar-refractivity contribution is -0.384. The number of nitro groups is 1. The predicted octanol–water partition coefficient (Wildman–Crippen LogP) is 5.16. The van der Waals surface area contributed by atoms with Crippen molar-refractivity contribution in [2.75, 3.05) is 11.9 Å². The zero-order chi connectivity index (χ0) is 22.4. The van der Waals surface area contributed by atoms with Gasteiger partial charge in [-0.2, -0.15) is 0 Å². The number of Topliss-reactive ketones (excluding diaryl/α,β-unsaturated/α-hetero) is 1. The quantitative estimate of drug-likeness (QED) is 0.205. The van der Waals surface area contributed by atoms with Crippen LogP contribution in [0.25, 0.3) is 11.1 Å². The molecule has 1 aromatic carbocycles. The molecule has 10 heteroatoms. The Morgan fingerprint density at radius 3 is 2.61 bits per heavy atom. The molecule has 0 bridgehead atoms. The first-order valence-electron chi connectivity index (χ1n) is 9.30. The Kier molecular flexibility index (Phi) is 7.27. The van der Waals surface area contributed by atoms with E-state index in [1.54, 1.807) is 35.9 Å². The summed E-state index contributed by atoms with van der Waals surface area (Å²) in [6.45, 7) is 1.79. The molecular formula is C21H18N2O6S2. The van der Waals surface area contributed by atoms with E-state index >= 15 is 0 Å². The minimum absolute atomic E-state index is 0.0386. The van der Waals surface area contributed by atoms with Gasteiger partial charge in [0.05, 0.1) is 16.4 Å². The van der Waals surface area contributed by atoms with Crippen molar-refractivity contribution in [2.24, 2.45) is 0 Å². The summed E-state index contributed by atoms with van der Waals surface area (Å²) in [5, 5.41) is 17.5. The summed E-state index contributed by atoms with van der Waals surface area (Å²) in [6, 6.07) is 9.35. The van der Waals surface area contributed by atoms with Crippen LogP contribution in [0.4, 0.5) is 10.7 Å². The van der Waals surface area contributed by atoms with Gasteiger partial charge in [0.1, 0.15) is 10.6 Å². The molecule has 0 saturated heterocycles. The summed E-state index contributed by atoms with van der Waals surface area (Å²) in [7, 11) is 0. The molecule has 0 aliphatic carbocycles. The second-order valence-electron chi connectivity index (χ2n) is 6.33. The number of esters is 1. The molecule has 3 aromatic rings. The van der Waals surface area contributed by atoms with Crippen LogP contribution in [0.1, 0.15) is 39.8 Å². The molecule has 8 nitrogen and oxygen atoms in total. The van der Waals surface area contributed by atoms with Crippen molar-refractivity contribution in [1.29, 1.82) is 0 Å². The van der Waals surface area contributed by atoms with Crippen molar-refractivity contribution in [3.8, 4) is 11.1 Å². The third kappa shape index (κ3) is 5.41. The molecule has 0 atom stereocenters. The molecule has 2 heterocycles. The molecule has 0 saturated carbocycles. The smallest absolute Gasteiger partial charge is 0.341 e. The average molecular weight is 459 g/mol. The Labute approximate surface area is 185 Å². The van der Waals surface area contributed by atoms with Crippen molar-refractivity contribution in [3.05, 3.63) is 67.7 Å². The zero-order valence-corrected chi connectivity index (χ0v) is 18.1. The van der Waals surface area contributed by atoms with E-state index in [0.29, 0.717) is 16.0 Å².